The van der Waals surface area contributed by atoms with Crippen molar-refractivity contribution >= 4 is 44.5 Å². The highest BCUT2D eigenvalue weighted by molar-refractivity contribution is 7.21. The minimum atomic E-state index is -0.0680. The van der Waals surface area contributed by atoms with Gasteiger partial charge in [-0.05, 0) is 31.5 Å². The van der Waals surface area contributed by atoms with Gasteiger partial charge in [-0.2, -0.15) is 0 Å². The Hall–Kier alpha value is -2.03. The number of nitrogen functional groups attached to an aromatic ring is 1. The standard InChI is InChI=1S/C19H23N5OS2/c1-23(2)19(25)17-16(20)13-6-7-14(22-18(13)27-17)15-5-3-4-8-24(15)10-12-9-21-11-26-12/h6-7,9,11,15H,3-5,8,10,20H2,1-2H3/t15-/m0/s1. The second-order valence-electron chi connectivity index (χ2n) is 7.08. The number of rotatable bonds is 4. The highest BCUT2D eigenvalue weighted by atomic mass is 32.1. The minimum Gasteiger partial charge on any atom is -0.397 e. The number of nitrogens with zero attached hydrogens (tertiary/aromatic N) is 4. The van der Waals surface area contributed by atoms with Crippen LogP contribution in [-0.4, -0.2) is 46.3 Å². The van der Waals surface area contributed by atoms with Gasteiger partial charge in [-0.15, -0.1) is 22.7 Å². The quantitative estimate of drug-likeness (QED) is 0.720. The number of hydrogen-bond donors (Lipinski definition) is 1. The fraction of sp³-hybridized carbons (Fsp3) is 0.421. The van der Waals surface area contributed by atoms with Gasteiger partial charge in [-0.1, -0.05) is 6.42 Å². The van der Waals surface area contributed by atoms with E-state index in [0.717, 1.165) is 35.4 Å². The first-order valence-electron chi connectivity index (χ1n) is 9.06. The molecule has 142 valence electrons. The molecule has 3 aromatic rings. The fourth-order valence-electron chi connectivity index (χ4n) is 3.59. The Morgan fingerprint density at radius 2 is 2.22 bits per heavy atom. The van der Waals surface area contributed by atoms with E-state index in [1.54, 1.807) is 30.3 Å². The van der Waals surface area contributed by atoms with Gasteiger partial charge in [0.15, 0.2) is 0 Å². The smallest absolute Gasteiger partial charge is 0.265 e. The molecule has 8 heteroatoms. The molecule has 1 amide bonds. The molecular formula is C19H23N5OS2. The summed E-state index contributed by atoms with van der Waals surface area (Å²) in [6.45, 7) is 1.98. The van der Waals surface area contributed by atoms with Crippen LogP contribution in [0, 0.1) is 0 Å². The number of aromatic nitrogens is 2. The SMILES string of the molecule is CN(C)C(=O)c1sc2nc([C@@H]3CCCCN3Cc3cncs3)ccc2c1N. The zero-order valence-electron chi connectivity index (χ0n) is 15.5. The second-order valence-corrected chi connectivity index (χ2v) is 9.05. The monoisotopic (exact) mass is 401 g/mol. The van der Waals surface area contributed by atoms with Gasteiger partial charge in [-0.25, -0.2) is 4.98 Å². The summed E-state index contributed by atoms with van der Waals surface area (Å²) in [4.78, 5) is 28.2. The van der Waals surface area contributed by atoms with E-state index < -0.39 is 0 Å². The van der Waals surface area contributed by atoms with Crippen LogP contribution >= 0.6 is 22.7 Å². The summed E-state index contributed by atoms with van der Waals surface area (Å²) in [5.74, 6) is -0.0680. The first kappa shape index (κ1) is 18.3. The van der Waals surface area contributed by atoms with E-state index in [1.165, 1.54) is 29.1 Å². The van der Waals surface area contributed by atoms with Crippen molar-refractivity contribution in [1.82, 2.24) is 19.8 Å². The molecule has 1 aliphatic heterocycles. The molecule has 0 spiro atoms. The van der Waals surface area contributed by atoms with E-state index in [0.29, 0.717) is 16.6 Å². The van der Waals surface area contributed by atoms with Crippen LogP contribution in [0.25, 0.3) is 10.2 Å². The zero-order chi connectivity index (χ0) is 19.0. The van der Waals surface area contributed by atoms with Crippen LogP contribution < -0.4 is 5.73 Å². The average Bonchev–Trinajstić information content (AvgIpc) is 3.29. The minimum absolute atomic E-state index is 0.0680. The summed E-state index contributed by atoms with van der Waals surface area (Å²) in [7, 11) is 3.48. The zero-order valence-corrected chi connectivity index (χ0v) is 17.1. The Bertz CT molecular complexity index is 951. The molecule has 0 aliphatic carbocycles. The number of pyridine rings is 1. The summed E-state index contributed by atoms with van der Waals surface area (Å²) >= 11 is 3.09. The van der Waals surface area contributed by atoms with E-state index in [2.05, 4.69) is 16.0 Å². The molecular weight excluding hydrogens is 378 g/mol. The van der Waals surface area contributed by atoms with Crippen LogP contribution in [0.15, 0.2) is 23.8 Å². The lowest BCUT2D eigenvalue weighted by molar-refractivity contribution is 0.0833. The van der Waals surface area contributed by atoms with Crippen LogP contribution in [0.5, 0.6) is 0 Å². The molecule has 4 rings (SSSR count). The summed E-state index contributed by atoms with van der Waals surface area (Å²) in [5, 5.41) is 0.874. The van der Waals surface area contributed by atoms with Crippen molar-refractivity contribution in [3.05, 3.63) is 39.3 Å². The normalized spacial score (nSPS) is 18.1. The third kappa shape index (κ3) is 3.56. The van der Waals surface area contributed by atoms with Gasteiger partial charge in [0.1, 0.15) is 9.71 Å². The molecule has 0 unspecified atom stereocenters. The maximum Gasteiger partial charge on any atom is 0.265 e. The molecule has 3 aromatic heterocycles. The topological polar surface area (TPSA) is 75.4 Å². The molecule has 0 saturated carbocycles. The highest BCUT2D eigenvalue weighted by Crippen LogP contribution is 2.37. The molecule has 1 aliphatic rings. The fourth-order valence-corrected chi connectivity index (χ4v) is 5.34. The predicted molar refractivity (Wildman–Crippen MR) is 111 cm³/mol. The number of carbonyl (C=O) groups excluding carboxylic acids is 1. The number of piperidine rings is 1. The Morgan fingerprint density at radius 3 is 2.96 bits per heavy atom. The van der Waals surface area contributed by atoms with E-state index in [4.69, 9.17) is 10.7 Å². The molecule has 6 nitrogen and oxygen atoms in total. The van der Waals surface area contributed by atoms with Gasteiger partial charge in [-0.3, -0.25) is 14.7 Å². The van der Waals surface area contributed by atoms with Crippen molar-refractivity contribution < 1.29 is 4.79 Å². The van der Waals surface area contributed by atoms with E-state index in [-0.39, 0.29) is 5.91 Å². The lowest BCUT2D eigenvalue weighted by Gasteiger charge is -2.35. The number of amides is 1. The van der Waals surface area contributed by atoms with Crippen LogP contribution in [0.2, 0.25) is 0 Å². The molecule has 1 saturated heterocycles. The Kier molecular flexibility index (Phi) is 5.12. The van der Waals surface area contributed by atoms with Crippen molar-refractivity contribution in [1.29, 1.82) is 0 Å². The van der Waals surface area contributed by atoms with E-state index in [1.807, 2.05) is 17.8 Å². The van der Waals surface area contributed by atoms with Crippen molar-refractivity contribution in [2.75, 3.05) is 26.4 Å². The number of hydrogen-bond acceptors (Lipinski definition) is 7. The van der Waals surface area contributed by atoms with E-state index >= 15 is 0 Å². The number of anilines is 1. The molecule has 1 atom stereocenters. The van der Waals surface area contributed by atoms with Crippen molar-refractivity contribution in [3.63, 3.8) is 0 Å². The molecule has 0 radical (unpaired) electrons. The Labute approximate surface area is 166 Å². The largest absolute Gasteiger partial charge is 0.397 e. The summed E-state index contributed by atoms with van der Waals surface area (Å²) in [6, 6.07) is 4.39. The highest BCUT2D eigenvalue weighted by Gasteiger charge is 2.27. The summed E-state index contributed by atoms with van der Waals surface area (Å²) < 4.78 is 0. The van der Waals surface area contributed by atoms with Gasteiger partial charge < -0.3 is 10.6 Å². The lowest BCUT2D eigenvalue weighted by Crippen LogP contribution is -2.33. The number of likely N-dealkylation sites (tertiary alicyclic amines) is 1. The van der Waals surface area contributed by atoms with Gasteiger partial charge in [0, 0.05) is 37.1 Å². The number of thiazole rings is 1. The van der Waals surface area contributed by atoms with Gasteiger partial charge >= 0.3 is 0 Å². The molecule has 0 aromatic carbocycles. The van der Waals surface area contributed by atoms with Gasteiger partial charge in [0.05, 0.1) is 22.9 Å². The first-order chi connectivity index (χ1) is 13.0. The number of fused-ring (bicyclic) bond motifs is 1. The molecule has 27 heavy (non-hydrogen) atoms. The Morgan fingerprint density at radius 1 is 1.37 bits per heavy atom. The number of thiophene rings is 1. The van der Waals surface area contributed by atoms with Gasteiger partial charge in [0.2, 0.25) is 0 Å². The van der Waals surface area contributed by atoms with Crippen LogP contribution in [-0.2, 0) is 6.54 Å². The summed E-state index contributed by atoms with van der Waals surface area (Å²) in [6.07, 6.45) is 5.47. The third-order valence-corrected chi connectivity index (χ3v) is 6.88. The molecule has 1 fully saturated rings. The first-order valence-corrected chi connectivity index (χ1v) is 10.8. The second kappa shape index (κ2) is 7.53. The van der Waals surface area contributed by atoms with Crippen LogP contribution in [0.4, 0.5) is 5.69 Å². The number of carbonyl (C=O) groups is 1. The Balaban J connectivity index is 1.66. The maximum atomic E-state index is 12.4. The third-order valence-electron chi connectivity index (χ3n) is 5.01. The van der Waals surface area contributed by atoms with Crippen molar-refractivity contribution in [2.24, 2.45) is 0 Å². The van der Waals surface area contributed by atoms with Crippen molar-refractivity contribution in [3.8, 4) is 0 Å². The maximum absolute atomic E-state index is 12.4. The van der Waals surface area contributed by atoms with Crippen LogP contribution in [0.1, 0.15) is 45.5 Å². The molecule has 0 bridgehead atoms. The lowest BCUT2D eigenvalue weighted by atomic mass is 9.98. The molecule has 4 heterocycles. The van der Waals surface area contributed by atoms with Crippen LogP contribution in [0.3, 0.4) is 0 Å². The van der Waals surface area contributed by atoms with E-state index in [9.17, 15) is 4.79 Å². The summed E-state index contributed by atoms with van der Waals surface area (Å²) in [5.41, 5.74) is 9.72. The van der Waals surface area contributed by atoms with Crippen molar-refractivity contribution in [2.45, 2.75) is 31.8 Å². The van der Waals surface area contributed by atoms with Gasteiger partial charge in [0.25, 0.3) is 5.91 Å². The predicted octanol–water partition coefficient (Wildman–Crippen LogP) is 3.76. The molecule has 2 N–H and O–H groups in total. The average molecular weight is 402 g/mol. The number of nitrogens with two attached hydrogens (primary N) is 1.